The van der Waals surface area contributed by atoms with Gasteiger partial charge < -0.3 is 9.88 Å². The first-order valence-corrected chi connectivity index (χ1v) is 12.4. The zero-order valence-electron chi connectivity index (χ0n) is 19.3. The summed E-state index contributed by atoms with van der Waals surface area (Å²) in [5, 5.41) is 13.1. The fourth-order valence-electron chi connectivity index (χ4n) is 7.38. The molecular formula is C28H31N3O3. The Bertz CT molecular complexity index is 1210. The van der Waals surface area contributed by atoms with Crippen molar-refractivity contribution in [2.24, 2.45) is 23.2 Å². The lowest BCUT2D eigenvalue weighted by molar-refractivity contribution is -0.0503. The number of nitrogens with zero attached hydrogens (tertiary/aromatic N) is 1. The van der Waals surface area contributed by atoms with Crippen molar-refractivity contribution in [2.45, 2.75) is 45.1 Å². The molecule has 3 N–H and O–H groups in total. The number of benzene rings is 2. The predicted octanol–water partition coefficient (Wildman–Crippen LogP) is 4.75. The smallest absolute Gasteiger partial charge is 0.274 e. The molecule has 4 aliphatic carbocycles. The van der Waals surface area contributed by atoms with E-state index in [0.29, 0.717) is 23.1 Å². The Hall–Kier alpha value is -3.12. The van der Waals surface area contributed by atoms with E-state index in [0.717, 1.165) is 40.8 Å². The summed E-state index contributed by atoms with van der Waals surface area (Å²) in [6, 6.07) is 15.1. The molecule has 2 amide bonds. The van der Waals surface area contributed by atoms with E-state index >= 15 is 0 Å². The van der Waals surface area contributed by atoms with Gasteiger partial charge in [-0.2, -0.15) is 0 Å². The van der Waals surface area contributed by atoms with Crippen molar-refractivity contribution in [2.75, 3.05) is 6.54 Å². The van der Waals surface area contributed by atoms with Crippen LogP contribution in [0.4, 0.5) is 0 Å². The van der Waals surface area contributed by atoms with Gasteiger partial charge in [0.1, 0.15) is 0 Å². The minimum absolute atomic E-state index is 0.0307. The van der Waals surface area contributed by atoms with E-state index < -0.39 is 5.91 Å². The molecule has 0 unspecified atom stereocenters. The van der Waals surface area contributed by atoms with Crippen molar-refractivity contribution in [3.05, 3.63) is 71.4 Å². The summed E-state index contributed by atoms with van der Waals surface area (Å²) in [5.41, 5.74) is 5.23. The van der Waals surface area contributed by atoms with Crippen molar-refractivity contribution in [1.29, 1.82) is 0 Å². The maximum Gasteiger partial charge on any atom is 0.274 e. The van der Waals surface area contributed by atoms with Crippen LogP contribution in [0, 0.1) is 23.2 Å². The molecule has 0 atom stereocenters. The third-order valence-electron chi connectivity index (χ3n) is 8.49. The van der Waals surface area contributed by atoms with Gasteiger partial charge in [-0.15, -0.1) is 0 Å². The summed E-state index contributed by atoms with van der Waals surface area (Å²) in [7, 11) is 0. The number of aromatic nitrogens is 1. The lowest BCUT2D eigenvalue weighted by Crippen LogP contribution is -2.51. The third-order valence-corrected chi connectivity index (χ3v) is 8.49. The predicted molar refractivity (Wildman–Crippen MR) is 130 cm³/mol. The Balaban J connectivity index is 1.13. The second kappa shape index (κ2) is 8.27. The molecule has 0 radical (unpaired) electrons. The molecule has 4 saturated carbocycles. The van der Waals surface area contributed by atoms with Crippen LogP contribution >= 0.6 is 0 Å². The van der Waals surface area contributed by atoms with Crippen LogP contribution in [0.2, 0.25) is 0 Å². The van der Waals surface area contributed by atoms with E-state index in [2.05, 4.69) is 9.88 Å². The Labute approximate surface area is 199 Å². The molecule has 6 heteroatoms. The van der Waals surface area contributed by atoms with Gasteiger partial charge in [-0.1, -0.05) is 12.1 Å². The number of fused-ring (bicyclic) bond motifs is 1. The number of hydrogen-bond acceptors (Lipinski definition) is 3. The highest BCUT2D eigenvalue weighted by atomic mass is 16.5. The molecule has 2 aromatic carbocycles. The van der Waals surface area contributed by atoms with Crippen LogP contribution in [0.5, 0.6) is 0 Å². The molecule has 3 aromatic rings. The minimum atomic E-state index is -0.521. The van der Waals surface area contributed by atoms with E-state index in [4.69, 9.17) is 5.21 Å². The summed E-state index contributed by atoms with van der Waals surface area (Å²) in [6.07, 6.45) is 10.2. The van der Waals surface area contributed by atoms with Crippen LogP contribution in [0.25, 0.3) is 10.9 Å². The monoisotopic (exact) mass is 457 g/mol. The maximum absolute atomic E-state index is 13.0. The highest BCUT2D eigenvalue weighted by molar-refractivity contribution is 5.98. The van der Waals surface area contributed by atoms with E-state index in [9.17, 15) is 9.59 Å². The number of amides is 2. The summed E-state index contributed by atoms with van der Waals surface area (Å²) in [6.45, 7) is 1.47. The molecule has 7 rings (SSSR count). The Morgan fingerprint density at radius 2 is 1.53 bits per heavy atom. The van der Waals surface area contributed by atoms with Crippen molar-refractivity contribution in [1.82, 2.24) is 15.4 Å². The second-order valence-corrected chi connectivity index (χ2v) is 11.0. The van der Waals surface area contributed by atoms with Crippen molar-refractivity contribution >= 4 is 22.7 Å². The molecule has 6 nitrogen and oxygen atoms in total. The molecule has 1 heterocycles. The van der Waals surface area contributed by atoms with Crippen LogP contribution in [0.3, 0.4) is 0 Å². The summed E-state index contributed by atoms with van der Waals surface area (Å²) >= 11 is 0. The van der Waals surface area contributed by atoms with Crippen molar-refractivity contribution in [3.8, 4) is 0 Å². The fraction of sp³-hybridized carbons (Fsp3) is 0.429. The lowest BCUT2D eigenvalue weighted by atomic mass is 9.49. The molecule has 0 saturated heterocycles. The van der Waals surface area contributed by atoms with E-state index in [1.165, 1.54) is 38.5 Å². The quantitative estimate of drug-likeness (QED) is 0.369. The fourth-order valence-corrected chi connectivity index (χ4v) is 7.38. The lowest BCUT2D eigenvalue weighted by Gasteiger charge is -2.56. The van der Waals surface area contributed by atoms with Crippen LogP contribution in [0.15, 0.2) is 54.7 Å². The SMILES string of the molecule is O=C(NO)c1ccc(Cn2ccc3cc(C(=O)NCC45CC6CC(CC(C6)C4)C5)ccc32)cc1. The first-order valence-electron chi connectivity index (χ1n) is 12.4. The normalized spacial score (nSPS) is 27.1. The van der Waals surface area contributed by atoms with E-state index in [1.54, 1.807) is 17.6 Å². The third kappa shape index (κ3) is 3.90. The molecule has 1 aromatic heterocycles. The van der Waals surface area contributed by atoms with E-state index in [1.807, 2.05) is 42.6 Å². The number of hydroxylamine groups is 1. The molecule has 4 fully saturated rings. The van der Waals surface area contributed by atoms with Gasteiger partial charge in [0.25, 0.3) is 11.8 Å². The zero-order valence-corrected chi connectivity index (χ0v) is 19.3. The molecule has 34 heavy (non-hydrogen) atoms. The average Bonchev–Trinajstić information content (AvgIpc) is 3.23. The van der Waals surface area contributed by atoms with Crippen LogP contribution in [-0.2, 0) is 6.54 Å². The van der Waals surface area contributed by atoms with Crippen LogP contribution in [-0.4, -0.2) is 28.1 Å². The first kappa shape index (κ1) is 21.4. The Morgan fingerprint density at radius 3 is 2.18 bits per heavy atom. The highest BCUT2D eigenvalue weighted by Gasteiger charge is 2.50. The molecule has 4 bridgehead atoms. The van der Waals surface area contributed by atoms with E-state index in [-0.39, 0.29) is 5.91 Å². The Kier molecular flexibility index (Phi) is 5.21. The molecular weight excluding hydrogens is 426 g/mol. The van der Waals surface area contributed by atoms with Gasteiger partial charge in [-0.05, 0) is 104 Å². The molecule has 4 aliphatic rings. The van der Waals surface area contributed by atoms with Crippen molar-refractivity contribution < 1.29 is 14.8 Å². The summed E-state index contributed by atoms with van der Waals surface area (Å²) in [4.78, 5) is 24.5. The molecule has 0 aliphatic heterocycles. The van der Waals surface area contributed by atoms with Gasteiger partial charge in [-0.25, -0.2) is 5.48 Å². The maximum atomic E-state index is 13.0. The number of carbonyl (C=O) groups excluding carboxylic acids is 2. The zero-order chi connectivity index (χ0) is 23.3. The van der Waals surface area contributed by atoms with Gasteiger partial charge in [0, 0.05) is 41.3 Å². The standard InChI is InChI=1S/C28H31N3O3/c32-26(29-17-28-13-19-9-20(14-28)11-21(10-19)15-28)24-5-6-25-23(12-24)7-8-31(25)16-18-1-3-22(4-2-18)27(33)30-34/h1-8,12,19-21,34H,9-11,13-17H2,(H,29,32)(H,30,33). The molecule has 176 valence electrons. The van der Waals surface area contributed by atoms with Crippen LogP contribution in [0.1, 0.15) is 64.8 Å². The highest BCUT2D eigenvalue weighted by Crippen LogP contribution is 2.59. The molecule has 0 spiro atoms. The number of nitrogens with one attached hydrogen (secondary N) is 2. The van der Waals surface area contributed by atoms with Crippen molar-refractivity contribution in [3.63, 3.8) is 0 Å². The largest absolute Gasteiger partial charge is 0.351 e. The topological polar surface area (TPSA) is 83.4 Å². The number of carbonyl (C=O) groups is 2. The van der Waals surface area contributed by atoms with Gasteiger partial charge in [0.05, 0.1) is 0 Å². The number of rotatable bonds is 6. The van der Waals surface area contributed by atoms with Gasteiger partial charge in [-0.3, -0.25) is 14.8 Å². The summed E-state index contributed by atoms with van der Waals surface area (Å²) in [5.74, 6) is 2.18. The summed E-state index contributed by atoms with van der Waals surface area (Å²) < 4.78 is 2.13. The number of hydrogen-bond donors (Lipinski definition) is 3. The Morgan fingerprint density at radius 1 is 0.882 bits per heavy atom. The second-order valence-electron chi connectivity index (χ2n) is 11.0. The average molecular weight is 458 g/mol. The first-order chi connectivity index (χ1) is 16.5. The van der Waals surface area contributed by atoms with Gasteiger partial charge >= 0.3 is 0 Å². The van der Waals surface area contributed by atoms with Crippen LogP contribution < -0.4 is 10.8 Å². The van der Waals surface area contributed by atoms with Gasteiger partial charge in [0.15, 0.2) is 0 Å². The van der Waals surface area contributed by atoms with Gasteiger partial charge in [0.2, 0.25) is 0 Å². The minimum Gasteiger partial charge on any atom is -0.351 e.